The van der Waals surface area contributed by atoms with Crippen molar-refractivity contribution in [3.63, 3.8) is 0 Å². The molecular formula is C19H25N5O3. The molecule has 0 aliphatic carbocycles. The van der Waals surface area contributed by atoms with Gasteiger partial charge in [0.05, 0.1) is 18.1 Å². The summed E-state index contributed by atoms with van der Waals surface area (Å²) in [6.45, 7) is 8.12. The normalized spacial score (nSPS) is 14.3. The molecule has 0 unspecified atom stereocenters. The Kier molecular flexibility index (Phi) is 6.08. The lowest BCUT2D eigenvalue weighted by Gasteiger charge is -2.28. The summed E-state index contributed by atoms with van der Waals surface area (Å²) >= 11 is 0. The lowest BCUT2D eigenvalue weighted by atomic mass is 10.2. The first-order valence-electron chi connectivity index (χ1n) is 9.12. The van der Waals surface area contributed by atoms with E-state index in [1.807, 2.05) is 24.3 Å². The maximum Gasteiger partial charge on any atom is 0.311 e. The number of ether oxygens (including phenoxy) is 1. The van der Waals surface area contributed by atoms with Gasteiger partial charge in [-0.1, -0.05) is 13.8 Å². The van der Waals surface area contributed by atoms with Gasteiger partial charge in [0.15, 0.2) is 0 Å². The molecule has 144 valence electrons. The zero-order valence-corrected chi connectivity index (χ0v) is 15.6. The number of pyridine rings is 1. The number of nitrogens with one attached hydrogen (secondary N) is 2. The molecule has 1 aliphatic heterocycles. The standard InChI is InChI=1S/C19H25N5O3/c1-14(2)13-20-18-8-7-17(24(25)26)19(22-18)21-15-3-5-16(6-4-15)23-9-11-27-12-10-23/h3-8,14H,9-13H2,1-2H3,(H2,20,21,22). The third kappa shape index (κ3) is 5.07. The van der Waals surface area contributed by atoms with E-state index in [0.717, 1.165) is 44.2 Å². The fourth-order valence-electron chi connectivity index (χ4n) is 2.81. The smallest absolute Gasteiger partial charge is 0.311 e. The lowest BCUT2D eigenvalue weighted by molar-refractivity contribution is -0.384. The summed E-state index contributed by atoms with van der Waals surface area (Å²) in [7, 11) is 0. The van der Waals surface area contributed by atoms with Crippen LogP contribution >= 0.6 is 0 Å². The molecule has 2 heterocycles. The van der Waals surface area contributed by atoms with Crippen LogP contribution in [0.2, 0.25) is 0 Å². The largest absolute Gasteiger partial charge is 0.378 e. The molecule has 0 bridgehead atoms. The van der Waals surface area contributed by atoms with Crippen molar-refractivity contribution in [2.24, 2.45) is 5.92 Å². The third-order valence-electron chi connectivity index (χ3n) is 4.27. The van der Waals surface area contributed by atoms with E-state index in [0.29, 0.717) is 11.7 Å². The molecule has 1 aliphatic rings. The highest BCUT2D eigenvalue weighted by molar-refractivity contribution is 5.69. The van der Waals surface area contributed by atoms with Crippen molar-refractivity contribution in [2.75, 3.05) is 48.4 Å². The molecule has 1 fully saturated rings. The molecule has 3 rings (SSSR count). The number of anilines is 4. The van der Waals surface area contributed by atoms with Crippen LogP contribution in [0.3, 0.4) is 0 Å². The molecule has 0 radical (unpaired) electrons. The fourth-order valence-corrected chi connectivity index (χ4v) is 2.81. The summed E-state index contributed by atoms with van der Waals surface area (Å²) in [6, 6.07) is 10.9. The van der Waals surface area contributed by atoms with Crippen LogP contribution in [0.25, 0.3) is 0 Å². The summed E-state index contributed by atoms with van der Waals surface area (Å²) in [5, 5.41) is 17.6. The molecule has 0 atom stereocenters. The Bertz CT molecular complexity index is 773. The lowest BCUT2D eigenvalue weighted by Crippen LogP contribution is -2.36. The summed E-state index contributed by atoms with van der Waals surface area (Å²) in [5.74, 6) is 1.29. The number of hydrogen-bond donors (Lipinski definition) is 2. The summed E-state index contributed by atoms with van der Waals surface area (Å²) in [5.41, 5.74) is 1.81. The van der Waals surface area contributed by atoms with Crippen molar-refractivity contribution in [3.8, 4) is 0 Å². The highest BCUT2D eigenvalue weighted by Gasteiger charge is 2.17. The van der Waals surface area contributed by atoms with E-state index in [2.05, 4.69) is 34.4 Å². The number of hydrogen-bond acceptors (Lipinski definition) is 7. The monoisotopic (exact) mass is 371 g/mol. The van der Waals surface area contributed by atoms with Gasteiger partial charge in [0.2, 0.25) is 5.82 Å². The van der Waals surface area contributed by atoms with Gasteiger partial charge in [0, 0.05) is 37.1 Å². The fraction of sp³-hybridized carbons (Fsp3) is 0.421. The average Bonchev–Trinajstić information content (AvgIpc) is 2.67. The minimum Gasteiger partial charge on any atom is -0.378 e. The topological polar surface area (TPSA) is 92.6 Å². The quantitative estimate of drug-likeness (QED) is 0.567. The Hall–Kier alpha value is -2.87. The van der Waals surface area contributed by atoms with Crippen LogP contribution in [0.1, 0.15) is 13.8 Å². The van der Waals surface area contributed by atoms with E-state index in [1.54, 1.807) is 6.07 Å². The second kappa shape index (κ2) is 8.68. The molecule has 8 heteroatoms. The van der Waals surface area contributed by atoms with Crippen LogP contribution in [0.15, 0.2) is 36.4 Å². The first-order chi connectivity index (χ1) is 13.0. The van der Waals surface area contributed by atoms with Gasteiger partial charge in [-0.2, -0.15) is 0 Å². The minimum atomic E-state index is -0.427. The second-order valence-corrected chi connectivity index (χ2v) is 6.87. The van der Waals surface area contributed by atoms with Gasteiger partial charge in [-0.05, 0) is 36.2 Å². The minimum absolute atomic E-state index is 0.0534. The van der Waals surface area contributed by atoms with Crippen LogP contribution in [-0.4, -0.2) is 42.8 Å². The van der Waals surface area contributed by atoms with Crippen molar-refractivity contribution in [2.45, 2.75) is 13.8 Å². The highest BCUT2D eigenvalue weighted by atomic mass is 16.6. The Morgan fingerprint density at radius 1 is 1.19 bits per heavy atom. The first-order valence-corrected chi connectivity index (χ1v) is 9.12. The Balaban J connectivity index is 1.76. The molecule has 0 spiro atoms. The summed E-state index contributed by atoms with van der Waals surface area (Å²) in [6.07, 6.45) is 0. The molecule has 1 aromatic carbocycles. The molecule has 27 heavy (non-hydrogen) atoms. The summed E-state index contributed by atoms with van der Waals surface area (Å²) in [4.78, 5) is 17.5. The molecule has 0 saturated carbocycles. The van der Waals surface area contributed by atoms with Crippen molar-refractivity contribution < 1.29 is 9.66 Å². The van der Waals surface area contributed by atoms with Gasteiger partial charge in [0.1, 0.15) is 5.82 Å². The Labute approximate surface area is 158 Å². The van der Waals surface area contributed by atoms with Crippen molar-refractivity contribution in [1.82, 2.24) is 4.98 Å². The second-order valence-electron chi connectivity index (χ2n) is 6.87. The zero-order valence-electron chi connectivity index (χ0n) is 15.6. The Morgan fingerprint density at radius 3 is 2.52 bits per heavy atom. The van der Waals surface area contributed by atoms with Crippen LogP contribution in [0.4, 0.5) is 28.7 Å². The maximum atomic E-state index is 11.3. The maximum absolute atomic E-state index is 11.3. The van der Waals surface area contributed by atoms with Gasteiger partial charge >= 0.3 is 5.69 Å². The number of aromatic nitrogens is 1. The van der Waals surface area contributed by atoms with Crippen LogP contribution in [0.5, 0.6) is 0 Å². The highest BCUT2D eigenvalue weighted by Crippen LogP contribution is 2.28. The van der Waals surface area contributed by atoms with E-state index in [9.17, 15) is 10.1 Å². The number of rotatable bonds is 7. The average molecular weight is 371 g/mol. The van der Waals surface area contributed by atoms with Crippen LogP contribution in [-0.2, 0) is 4.74 Å². The third-order valence-corrected chi connectivity index (χ3v) is 4.27. The van der Waals surface area contributed by atoms with Crippen molar-refractivity contribution >= 4 is 28.7 Å². The molecule has 8 nitrogen and oxygen atoms in total. The molecule has 1 aromatic heterocycles. The van der Waals surface area contributed by atoms with Gasteiger partial charge in [-0.25, -0.2) is 4.98 Å². The Morgan fingerprint density at radius 2 is 1.89 bits per heavy atom. The van der Waals surface area contributed by atoms with E-state index < -0.39 is 4.92 Å². The molecule has 2 aromatic rings. The van der Waals surface area contributed by atoms with E-state index in [1.165, 1.54) is 6.07 Å². The predicted octanol–water partition coefficient (Wildman–Crippen LogP) is 3.64. The molecule has 0 amide bonds. The number of nitrogens with zero attached hydrogens (tertiary/aromatic N) is 3. The molecule has 2 N–H and O–H groups in total. The van der Waals surface area contributed by atoms with Crippen LogP contribution < -0.4 is 15.5 Å². The number of benzene rings is 1. The molecular weight excluding hydrogens is 346 g/mol. The van der Waals surface area contributed by atoms with E-state index in [-0.39, 0.29) is 11.5 Å². The predicted molar refractivity (Wildman–Crippen MR) is 107 cm³/mol. The SMILES string of the molecule is CC(C)CNc1ccc([N+](=O)[O-])c(Nc2ccc(N3CCOCC3)cc2)n1. The van der Waals surface area contributed by atoms with Crippen molar-refractivity contribution in [1.29, 1.82) is 0 Å². The summed E-state index contributed by atoms with van der Waals surface area (Å²) < 4.78 is 5.37. The van der Waals surface area contributed by atoms with E-state index in [4.69, 9.17) is 4.74 Å². The first kappa shape index (κ1) is 18.9. The number of nitro groups is 1. The van der Waals surface area contributed by atoms with E-state index >= 15 is 0 Å². The zero-order chi connectivity index (χ0) is 19.2. The number of morpholine rings is 1. The van der Waals surface area contributed by atoms with Crippen molar-refractivity contribution in [3.05, 3.63) is 46.5 Å². The van der Waals surface area contributed by atoms with Gasteiger partial charge < -0.3 is 20.3 Å². The van der Waals surface area contributed by atoms with Gasteiger partial charge in [0.25, 0.3) is 0 Å². The molecule has 1 saturated heterocycles. The van der Waals surface area contributed by atoms with Gasteiger partial charge in [-0.15, -0.1) is 0 Å². The van der Waals surface area contributed by atoms with Crippen LogP contribution in [0, 0.1) is 16.0 Å². The van der Waals surface area contributed by atoms with Gasteiger partial charge in [-0.3, -0.25) is 10.1 Å².